The largest absolute Gasteiger partial charge is 0.497 e. The zero-order valence-corrected chi connectivity index (χ0v) is 32.2. The summed E-state index contributed by atoms with van der Waals surface area (Å²) in [6, 6.07) is 24.6. The van der Waals surface area contributed by atoms with Gasteiger partial charge in [0.15, 0.2) is 6.23 Å². The molecule has 5 heterocycles. The number of hydrogen-bond donors (Lipinski definition) is 2. The van der Waals surface area contributed by atoms with E-state index in [0.29, 0.717) is 27.5 Å². The predicted octanol–water partition coefficient (Wildman–Crippen LogP) is 5.33. The molecule has 3 aliphatic rings. The smallest absolute Gasteiger partial charge is 0.350 e. The summed E-state index contributed by atoms with van der Waals surface area (Å²) >= 11 is 0.0169. The number of nitrogens with zero attached hydrogens (tertiary/aromatic N) is 7. The van der Waals surface area contributed by atoms with Crippen molar-refractivity contribution in [3.63, 3.8) is 0 Å². The number of carboxylic acid groups (broad SMARTS) is 1. The third-order valence-corrected chi connectivity index (χ3v) is 12.9. The number of carboxylic acids is 1. The van der Waals surface area contributed by atoms with Crippen LogP contribution in [0.3, 0.4) is 0 Å². The molecule has 14 nitrogen and oxygen atoms in total. The van der Waals surface area contributed by atoms with Crippen LogP contribution in [-0.4, -0.2) is 80.9 Å². The van der Waals surface area contributed by atoms with Crippen LogP contribution >= 0.6 is 22.6 Å². The van der Waals surface area contributed by atoms with E-state index < -0.39 is 52.1 Å². The fraction of sp³-hybridized carbons (Fsp3) is 0.308. The quantitative estimate of drug-likeness (QED) is 0.0903. The molecule has 8 rings (SSSR count). The lowest BCUT2D eigenvalue weighted by Gasteiger charge is -2.41. The number of rotatable bonds is 13. The highest BCUT2D eigenvalue weighted by molar-refractivity contribution is 8.27. The fourth-order valence-electron chi connectivity index (χ4n) is 7.92. The number of anilines is 1. The number of carbonyl (C=O) groups is 1. The van der Waals surface area contributed by atoms with Gasteiger partial charge in [0.2, 0.25) is 5.13 Å². The van der Waals surface area contributed by atoms with E-state index in [4.69, 9.17) is 23.9 Å². The number of aryl methyl sites for hydroxylation is 2. The Kier molecular flexibility index (Phi) is 9.75. The van der Waals surface area contributed by atoms with E-state index in [2.05, 4.69) is 18.7 Å². The van der Waals surface area contributed by atoms with Gasteiger partial charge in [-0.05, 0) is 60.4 Å². The number of aromatic nitrogens is 4. The summed E-state index contributed by atoms with van der Waals surface area (Å²) in [5.74, 6) is 0.303. The van der Waals surface area contributed by atoms with Gasteiger partial charge in [-0.15, -0.1) is 0 Å². The Morgan fingerprint density at radius 2 is 1.64 bits per heavy atom. The van der Waals surface area contributed by atoms with Crippen molar-refractivity contribution in [2.24, 2.45) is 15.3 Å². The van der Waals surface area contributed by atoms with Crippen LogP contribution in [-0.2, 0) is 19.9 Å². The van der Waals surface area contributed by atoms with E-state index in [-0.39, 0.29) is 19.6 Å². The van der Waals surface area contributed by atoms with Gasteiger partial charge in [-0.3, -0.25) is 9.36 Å². The molecule has 0 radical (unpaired) electrons. The third kappa shape index (κ3) is 6.48. The zero-order valence-electron chi connectivity index (χ0n) is 30.5. The minimum Gasteiger partial charge on any atom is -0.497 e. The molecule has 284 valence electrons. The molecule has 3 aromatic carbocycles. The number of methoxy groups -OCH3 is 2. The van der Waals surface area contributed by atoms with Crippen molar-refractivity contribution in [1.82, 2.24) is 18.9 Å². The van der Waals surface area contributed by atoms with Gasteiger partial charge in [-0.1, -0.05) is 65.7 Å². The molecule has 1 unspecified atom stereocenters. The van der Waals surface area contributed by atoms with Crippen molar-refractivity contribution >= 4 is 45.6 Å². The van der Waals surface area contributed by atoms with Gasteiger partial charge in [-0.25, -0.2) is 19.2 Å². The molecule has 0 saturated carbocycles. The average Bonchev–Trinajstić information content (AvgIpc) is 4.01. The van der Waals surface area contributed by atoms with Crippen LogP contribution in [0.5, 0.6) is 11.5 Å². The highest BCUT2D eigenvalue weighted by atomic mass is 32.2. The molecule has 2 aromatic heterocycles. The predicted molar refractivity (Wildman–Crippen MR) is 210 cm³/mol. The number of fused-ring (bicyclic) bond motifs is 2. The number of thiol groups is 1. The molecular weight excluding hydrogens is 743 g/mol. The topological polar surface area (TPSA) is 163 Å². The number of morpholine rings is 1. The van der Waals surface area contributed by atoms with E-state index in [0.717, 1.165) is 22.3 Å². The van der Waals surface area contributed by atoms with Gasteiger partial charge in [0.25, 0.3) is 0 Å². The van der Waals surface area contributed by atoms with Crippen molar-refractivity contribution < 1.29 is 28.8 Å². The molecule has 5 aromatic rings. The van der Waals surface area contributed by atoms with Crippen LogP contribution in [0.2, 0.25) is 0 Å². The molecule has 0 spiro atoms. The Morgan fingerprint density at radius 3 is 2.20 bits per heavy atom. The van der Waals surface area contributed by atoms with E-state index in [1.807, 2.05) is 90.7 Å². The minimum absolute atomic E-state index is 0.0606. The van der Waals surface area contributed by atoms with Crippen molar-refractivity contribution in [3.05, 3.63) is 124 Å². The van der Waals surface area contributed by atoms with Crippen LogP contribution in [0.1, 0.15) is 40.7 Å². The number of hydrogen-bond acceptors (Lipinski definition) is 13. The Morgan fingerprint density at radius 1 is 0.982 bits per heavy atom. The summed E-state index contributed by atoms with van der Waals surface area (Å²) in [5.41, 5.74) is 1.91. The highest BCUT2D eigenvalue weighted by Gasteiger charge is 2.66. The summed E-state index contributed by atoms with van der Waals surface area (Å²) in [6.07, 6.45) is 2.00. The first-order chi connectivity index (χ1) is 26.7. The maximum absolute atomic E-state index is 13.9. The van der Waals surface area contributed by atoms with Gasteiger partial charge in [0.05, 0.1) is 45.4 Å². The maximum atomic E-state index is 13.9. The van der Waals surface area contributed by atoms with Crippen LogP contribution < -0.4 is 20.1 Å². The molecule has 2 bridgehead atoms. The fourth-order valence-corrected chi connectivity index (χ4v) is 9.88. The van der Waals surface area contributed by atoms with Crippen LogP contribution in [0, 0.1) is 19.8 Å². The Labute approximate surface area is 323 Å². The molecule has 55 heavy (non-hydrogen) atoms. The van der Waals surface area contributed by atoms with Gasteiger partial charge < -0.3 is 29.0 Å². The molecule has 3 aliphatic heterocycles. The molecule has 2 saturated heterocycles. The monoisotopic (exact) mass is 781 g/mol. The van der Waals surface area contributed by atoms with Crippen LogP contribution in [0.25, 0.3) is 0 Å². The summed E-state index contributed by atoms with van der Waals surface area (Å²) in [4.78, 5) is 42.0. The molecule has 16 heteroatoms. The number of benzene rings is 3. The van der Waals surface area contributed by atoms with Crippen molar-refractivity contribution in [1.29, 1.82) is 0 Å². The second-order valence-corrected chi connectivity index (χ2v) is 15.9. The minimum atomic E-state index is -1.23. The normalized spacial score (nSPS) is 23.4. The van der Waals surface area contributed by atoms with E-state index in [1.54, 1.807) is 32.9 Å². The number of aliphatic imine (C=N–C) groups is 1. The van der Waals surface area contributed by atoms with Crippen molar-refractivity contribution in [3.8, 4) is 11.5 Å². The lowest BCUT2D eigenvalue weighted by Crippen LogP contribution is -2.51. The molecular formula is C39H39N7O7S2. The molecule has 2 fully saturated rings. The number of ether oxygens (including phenoxy) is 4. The Hall–Kier alpha value is -5.42. The molecule has 5 atom stereocenters. The van der Waals surface area contributed by atoms with Crippen LogP contribution in [0.15, 0.2) is 104 Å². The molecule has 0 amide bonds. The van der Waals surface area contributed by atoms with Gasteiger partial charge in [0, 0.05) is 23.6 Å². The van der Waals surface area contributed by atoms with E-state index in [1.165, 1.54) is 22.4 Å². The van der Waals surface area contributed by atoms with Crippen molar-refractivity contribution in [2.45, 2.75) is 48.8 Å². The SMILES string of the molecule is COc1ccc(C(OC[C@@]23CN(c4nc(C)ns4)[C@@H]([C@H](n4cc(C)c([SH]5C=NC=N5)nc4=O)O2)[C@@H]3CC(=O)O)(c2ccccc2)c2ccc(OC)cc2)cc1. The first kappa shape index (κ1) is 36.6. The Bertz CT molecular complexity index is 2260. The summed E-state index contributed by atoms with van der Waals surface area (Å²) in [6.45, 7) is 3.86. The molecule has 0 aliphatic carbocycles. The highest BCUT2D eigenvalue weighted by Crippen LogP contribution is 2.55. The second-order valence-electron chi connectivity index (χ2n) is 13.6. The summed E-state index contributed by atoms with van der Waals surface area (Å²) < 4.78 is 35.8. The third-order valence-electron chi connectivity index (χ3n) is 10.4. The summed E-state index contributed by atoms with van der Waals surface area (Å²) in [5, 5.41) is 11.6. The van der Waals surface area contributed by atoms with E-state index in [9.17, 15) is 14.7 Å². The Balaban J connectivity index is 1.28. The zero-order chi connectivity index (χ0) is 38.3. The number of aliphatic carboxylic acids is 1. The van der Waals surface area contributed by atoms with Gasteiger partial charge in [0.1, 0.15) is 39.9 Å². The van der Waals surface area contributed by atoms with Crippen LogP contribution in [0.4, 0.5) is 5.13 Å². The first-order valence-electron chi connectivity index (χ1n) is 17.6. The molecule has 1 N–H and O–H groups in total. The van der Waals surface area contributed by atoms with Gasteiger partial charge >= 0.3 is 11.7 Å². The summed E-state index contributed by atoms with van der Waals surface area (Å²) in [7, 11) is 3.23. The van der Waals surface area contributed by atoms with Gasteiger partial charge in [-0.2, -0.15) is 9.36 Å². The van der Waals surface area contributed by atoms with Crippen molar-refractivity contribution in [2.75, 3.05) is 32.3 Å². The second kappa shape index (κ2) is 14.7. The average molecular weight is 782 g/mol. The standard InChI is InChI=1S/C39H39N7O7S2/c1-24-19-45(36(49)43-34(24)55-23-40-22-41-55)35-33-31(18-32(47)48)38(53-35,20-46(33)37-42-25(2)44-54-37)21-52-39(26-8-6-5-7-9-26,27-10-14-29(50-3)15-11-27)28-12-16-30(51-4)17-13-28/h5-17,19,22-23,31,33,35,55H,18,20-21H2,1-4H3,(H,47,48)/t31-,33+,35+,38+/m0/s1. The lowest BCUT2D eigenvalue weighted by molar-refractivity contribution is -0.156. The van der Waals surface area contributed by atoms with E-state index >= 15 is 0 Å². The first-order valence-corrected chi connectivity index (χ1v) is 19.7. The maximum Gasteiger partial charge on any atom is 0.350 e. The lowest BCUT2D eigenvalue weighted by atomic mass is 9.79.